The van der Waals surface area contributed by atoms with Gasteiger partial charge in [-0.15, -0.1) is 4.73 Å². The summed E-state index contributed by atoms with van der Waals surface area (Å²) in [5.41, 5.74) is 1.97. The van der Waals surface area contributed by atoms with Crippen molar-refractivity contribution in [1.82, 2.24) is 29.8 Å². The fraction of sp³-hybridized carbons (Fsp3) is 0.227. The number of imidazole rings is 1. The molecule has 0 aliphatic carbocycles. The lowest BCUT2D eigenvalue weighted by Crippen LogP contribution is -2.26. The molecule has 11 heteroatoms. The standard InChI is InChI=1S/C22H19Cl2FN6O2/c1-12(19-15(23)2-3-16(25)20(19)24)33-31-18-5-4-17(28-21(18)29-22(31)32)13-10-27-30(11-13)14-6-8-26-9-7-14/h2-6,8,10-12,14,26H,7,9H2,1H3,(H,28,29,32). The predicted octanol–water partition coefficient (Wildman–Crippen LogP) is 4.27. The number of fused-ring (bicyclic) bond motifs is 1. The SMILES string of the molecule is CC(On1c(=O)[nH]c2nc(-c3cnn(C4C=CNCC4)c3)ccc21)c1c(Cl)ccc(F)c1Cl. The molecule has 5 rings (SSSR count). The number of H-pyrrole nitrogens is 1. The number of allylic oxidation sites excluding steroid dienone is 1. The zero-order chi connectivity index (χ0) is 23.1. The van der Waals surface area contributed by atoms with Crippen molar-refractivity contribution in [3.05, 3.63) is 80.8 Å². The number of aromatic nitrogens is 5. The number of hydrogen-bond donors (Lipinski definition) is 2. The van der Waals surface area contributed by atoms with Crippen LogP contribution >= 0.6 is 23.2 Å². The first kappa shape index (κ1) is 21.5. The van der Waals surface area contributed by atoms with Crippen molar-refractivity contribution in [1.29, 1.82) is 0 Å². The maximum Gasteiger partial charge on any atom is 0.360 e. The fourth-order valence-electron chi connectivity index (χ4n) is 3.82. The van der Waals surface area contributed by atoms with Crippen LogP contribution in [0.25, 0.3) is 22.4 Å². The van der Waals surface area contributed by atoms with Crippen molar-refractivity contribution in [2.45, 2.75) is 25.5 Å². The number of nitrogens with one attached hydrogen (secondary N) is 2. The summed E-state index contributed by atoms with van der Waals surface area (Å²) in [7, 11) is 0. The van der Waals surface area contributed by atoms with E-state index in [9.17, 15) is 9.18 Å². The molecule has 2 N–H and O–H groups in total. The van der Waals surface area contributed by atoms with Crippen LogP contribution in [0.2, 0.25) is 10.0 Å². The summed E-state index contributed by atoms with van der Waals surface area (Å²) in [6, 6.07) is 6.25. The number of aromatic amines is 1. The maximum absolute atomic E-state index is 13.9. The Morgan fingerprint density at radius 3 is 2.91 bits per heavy atom. The first-order valence-electron chi connectivity index (χ1n) is 10.3. The summed E-state index contributed by atoms with van der Waals surface area (Å²) in [6.45, 7) is 2.52. The van der Waals surface area contributed by atoms with Gasteiger partial charge in [0.05, 0.1) is 23.0 Å². The van der Waals surface area contributed by atoms with Crippen LogP contribution in [0.1, 0.15) is 31.1 Å². The first-order valence-corrected chi connectivity index (χ1v) is 11.0. The lowest BCUT2D eigenvalue weighted by atomic mass is 10.1. The monoisotopic (exact) mass is 488 g/mol. The lowest BCUT2D eigenvalue weighted by molar-refractivity contribution is 0.0492. The third kappa shape index (κ3) is 3.98. The zero-order valence-corrected chi connectivity index (χ0v) is 18.9. The van der Waals surface area contributed by atoms with Gasteiger partial charge in [-0.1, -0.05) is 23.2 Å². The average Bonchev–Trinajstić information content (AvgIpc) is 3.42. The van der Waals surface area contributed by atoms with Crippen LogP contribution in [0.5, 0.6) is 0 Å². The molecule has 2 atom stereocenters. The van der Waals surface area contributed by atoms with Crippen molar-refractivity contribution in [2.24, 2.45) is 0 Å². The number of rotatable bonds is 5. The molecule has 0 saturated carbocycles. The van der Waals surface area contributed by atoms with Gasteiger partial charge >= 0.3 is 5.69 Å². The van der Waals surface area contributed by atoms with Crippen LogP contribution in [0.15, 0.2) is 53.7 Å². The highest BCUT2D eigenvalue weighted by Gasteiger charge is 2.21. The largest absolute Gasteiger partial charge is 0.401 e. The van der Waals surface area contributed by atoms with Crippen molar-refractivity contribution in [3.63, 3.8) is 0 Å². The molecular weight excluding hydrogens is 470 g/mol. The molecule has 4 heterocycles. The molecule has 0 fully saturated rings. The summed E-state index contributed by atoms with van der Waals surface area (Å²) < 4.78 is 16.9. The van der Waals surface area contributed by atoms with E-state index in [1.165, 1.54) is 12.1 Å². The Kier molecular flexibility index (Phi) is 5.59. The normalized spacial score (nSPS) is 16.7. The van der Waals surface area contributed by atoms with E-state index in [0.717, 1.165) is 23.3 Å². The third-order valence-corrected chi connectivity index (χ3v) is 6.22. The van der Waals surface area contributed by atoms with Gasteiger partial charge in [0, 0.05) is 28.9 Å². The Hall–Kier alpha value is -3.30. The number of nitrogens with zero attached hydrogens (tertiary/aromatic N) is 4. The van der Waals surface area contributed by atoms with Crippen molar-refractivity contribution in [3.8, 4) is 11.3 Å². The van der Waals surface area contributed by atoms with Crippen LogP contribution in [0.4, 0.5) is 4.39 Å². The summed E-state index contributed by atoms with van der Waals surface area (Å²) in [5, 5.41) is 7.71. The molecular formula is C22H19Cl2FN6O2. The van der Waals surface area contributed by atoms with Gasteiger partial charge in [0.15, 0.2) is 11.8 Å². The highest BCUT2D eigenvalue weighted by molar-refractivity contribution is 6.36. The van der Waals surface area contributed by atoms with E-state index >= 15 is 0 Å². The average molecular weight is 489 g/mol. The molecule has 2 unspecified atom stereocenters. The van der Waals surface area contributed by atoms with Crippen molar-refractivity contribution >= 4 is 34.4 Å². The molecule has 33 heavy (non-hydrogen) atoms. The Labute approximate surface area is 197 Å². The highest BCUT2D eigenvalue weighted by atomic mass is 35.5. The fourth-order valence-corrected chi connectivity index (χ4v) is 4.50. The van der Waals surface area contributed by atoms with Gasteiger partial charge in [0.1, 0.15) is 11.3 Å². The molecule has 0 spiro atoms. The van der Waals surface area contributed by atoms with Crippen LogP contribution in [0, 0.1) is 5.82 Å². The summed E-state index contributed by atoms with van der Waals surface area (Å²) in [4.78, 5) is 25.6. The van der Waals surface area contributed by atoms with E-state index in [-0.39, 0.29) is 21.7 Å². The molecule has 1 aliphatic rings. The van der Waals surface area contributed by atoms with E-state index < -0.39 is 17.6 Å². The smallest absolute Gasteiger partial charge is 0.360 e. The first-order chi connectivity index (χ1) is 15.9. The van der Waals surface area contributed by atoms with Crippen LogP contribution in [-0.2, 0) is 0 Å². The second-order valence-corrected chi connectivity index (χ2v) is 8.46. The highest BCUT2D eigenvalue weighted by Crippen LogP contribution is 2.33. The van der Waals surface area contributed by atoms with Crippen molar-refractivity contribution < 1.29 is 9.23 Å². The van der Waals surface area contributed by atoms with E-state index in [2.05, 4.69) is 26.5 Å². The zero-order valence-electron chi connectivity index (χ0n) is 17.4. The quantitative estimate of drug-likeness (QED) is 0.409. The van der Waals surface area contributed by atoms with Crippen LogP contribution in [0.3, 0.4) is 0 Å². The van der Waals surface area contributed by atoms with E-state index in [1.807, 2.05) is 17.1 Å². The number of benzene rings is 1. The number of halogens is 3. The minimum Gasteiger partial charge on any atom is -0.401 e. The lowest BCUT2D eigenvalue weighted by Gasteiger charge is -2.17. The Bertz CT molecular complexity index is 1430. The molecule has 3 aromatic heterocycles. The number of hydrogen-bond acceptors (Lipinski definition) is 5. The molecule has 1 aliphatic heterocycles. The van der Waals surface area contributed by atoms with Gasteiger partial charge in [0.2, 0.25) is 0 Å². The van der Waals surface area contributed by atoms with Gasteiger partial charge in [-0.2, -0.15) is 5.10 Å². The van der Waals surface area contributed by atoms with Gasteiger partial charge in [-0.3, -0.25) is 9.67 Å². The van der Waals surface area contributed by atoms with Crippen molar-refractivity contribution in [2.75, 3.05) is 6.54 Å². The molecule has 4 aromatic rings. The predicted molar refractivity (Wildman–Crippen MR) is 124 cm³/mol. The number of pyridine rings is 1. The molecule has 0 amide bonds. The van der Waals surface area contributed by atoms with Gasteiger partial charge < -0.3 is 10.2 Å². The van der Waals surface area contributed by atoms with Crippen LogP contribution in [-0.4, -0.2) is 31.0 Å². The van der Waals surface area contributed by atoms with Gasteiger partial charge in [-0.25, -0.2) is 14.2 Å². The molecule has 1 aromatic carbocycles. The maximum atomic E-state index is 13.9. The topological polar surface area (TPSA) is 89.8 Å². The van der Waals surface area contributed by atoms with E-state index in [0.29, 0.717) is 16.9 Å². The molecule has 0 radical (unpaired) electrons. The summed E-state index contributed by atoms with van der Waals surface area (Å²) in [6.07, 6.45) is 7.80. The molecule has 8 nitrogen and oxygen atoms in total. The van der Waals surface area contributed by atoms with E-state index in [4.69, 9.17) is 28.0 Å². The summed E-state index contributed by atoms with van der Waals surface area (Å²) in [5.74, 6) is -0.621. The minimum absolute atomic E-state index is 0.149. The Balaban J connectivity index is 1.45. The minimum atomic E-state index is -0.798. The van der Waals surface area contributed by atoms with E-state index in [1.54, 1.807) is 25.3 Å². The third-order valence-electron chi connectivity index (χ3n) is 5.51. The molecule has 0 bridgehead atoms. The van der Waals surface area contributed by atoms with Crippen LogP contribution < -0.4 is 15.8 Å². The molecule has 0 saturated heterocycles. The second kappa shape index (κ2) is 8.57. The molecule has 170 valence electrons. The Morgan fingerprint density at radius 2 is 2.12 bits per heavy atom. The summed E-state index contributed by atoms with van der Waals surface area (Å²) >= 11 is 12.3. The Morgan fingerprint density at radius 1 is 1.27 bits per heavy atom. The van der Waals surface area contributed by atoms with Gasteiger partial charge in [-0.05, 0) is 49.9 Å². The van der Waals surface area contributed by atoms with Gasteiger partial charge in [0.25, 0.3) is 0 Å². The second-order valence-electron chi connectivity index (χ2n) is 7.67.